The zero-order valence-electron chi connectivity index (χ0n) is 16.3. The lowest BCUT2D eigenvalue weighted by atomic mass is 10.1. The Morgan fingerprint density at radius 2 is 1.96 bits per heavy atom. The number of aryl methyl sites for hydroxylation is 1. The molecule has 0 fully saturated rings. The van der Waals surface area contributed by atoms with Crippen molar-refractivity contribution in [3.8, 4) is 11.3 Å². The van der Waals surface area contributed by atoms with Crippen LogP contribution in [0.2, 0.25) is 0 Å². The summed E-state index contributed by atoms with van der Waals surface area (Å²) in [6.07, 6.45) is 0.861. The molecule has 0 spiro atoms. The number of carbonyl (C=O) groups is 1. The van der Waals surface area contributed by atoms with Gasteiger partial charge in [-0.05, 0) is 25.3 Å². The Labute approximate surface area is 159 Å². The third-order valence-electron chi connectivity index (χ3n) is 4.33. The highest BCUT2D eigenvalue weighted by Crippen LogP contribution is 2.20. The summed E-state index contributed by atoms with van der Waals surface area (Å²) in [6.45, 7) is 7.30. The third kappa shape index (κ3) is 4.45. The highest BCUT2D eigenvalue weighted by atomic mass is 16.5. The Morgan fingerprint density at radius 1 is 1.22 bits per heavy atom. The zero-order chi connectivity index (χ0) is 19.4. The molecule has 2 heterocycles. The quantitative estimate of drug-likeness (QED) is 0.633. The van der Waals surface area contributed by atoms with Gasteiger partial charge in [0.15, 0.2) is 5.76 Å². The lowest BCUT2D eigenvalue weighted by molar-refractivity contribution is 0.0760. The van der Waals surface area contributed by atoms with Crippen molar-refractivity contribution in [1.29, 1.82) is 0 Å². The number of benzene rings is 1. The lowest BCUT2D eigenvalue weighted by Gasteiger charge is -2.15. The van der Waals surface area contributed by atoms with E-state index in [4.69, 9.17) is 4.52 Å². The topological polar surface area (TPSA) is 64.2 Å². The predicted molar refractivity (Wildman–Crippen MR) is 104 cm³/mol. The van der Waals surface area contributed by atoms with Crippen LogP contribution in [-0.2, 0) is 19.5 Å². The van der Waals surface area contributed by atoms with E-state index in [9.17, 15) is 4.79 Å². The predicted octanol–water partition coefficient (Wildman–Crippen LogP) is 4.03. The third-order valence-corrected chi connectivity index (χ3v) is 4.33. The minimum Gasteiger partial charge on any atom is -0.359 e. The van der Waals surface area contributed by atoms with Crippen LogP contribution in [0.1, 0.15) is 42.7 Å². The van der Waals surface area contributed by atoms with E-state index < -0.39 is 0 Å². The maximum absolute atomic E-state index is 12.9. The van der Waals surface area contributed by atoms with E-state index in [0.29, 0.717) is 30.5 Å². The van der Waals surface area contributed by atoms with Crippen LogP contribution in [0, 0.1) is 5.92 Å². The Hall–Kier alpha value is -2.89. The van der Waals surface area contributed by atoms with Crippen LogP contribution in [-0.4, -0.2) is 32.8 Å². The molecule has 6 heteroatoms. The number of carbonyl (C=O) groups excluding carboxylic acids is 1. The molecule has 0 aliphatic carbocycles. The Morgan fingerprint density at radius 3 is 2.63 bits per heavy atom. The molecule has 0 aliphatic heterocycles. The van der Waals surface area contributed by atoms with E-state index in [2.05, 4.69) is 24.1 Å². The lowest BCUT2D eigenvalue weighted by Crippen LogP contribution is -2.28. The standard InChI is InChI=1S/C21H26N4O2/c1-5-25-20(12-17(22-25)11-15(2)3)21(26)24(4)14-18-13-19(23-27-18)16-9-7-6-8-10-16/h6-10,12-13,15H,5,11,14H2,1-4H3. The maximum atomic E-state index is 12.9. The molecule has 6 nitrogen and oxygen atoms in total. The minimum absolute atomic E-state index is 0.0722. The molecule has 142 valence electrons. The van der Waals surface area contributed by atoms with E-state index in [1.165, 1.54) is 0 Å². The highest BCUT2D eigenvalue weighted by Gasteiger charge is 2.20. The summed E-state index contributed by atoms with van der Waals surface area (Å²) in [5, 5.41) is 8.67. The molecule has 1 aromatic carbocycles. The molecule has 0 bridgehead atoms. The Balaban J connectivity index is 1.73. The Kier molecular flexibility index (Phi) is 5.74. The summed E-state index contributed by atoms with van der Waals surface area (Å²) in [6, 6.07) is 13.6. The molecule has 0 unspecified atom stereocenters. The number of hydrogen-bond acceptors (Lipinski definition) is 4. The van der Waals surface area contributed by atoms with Crippen molar-refractivity contribution in [1.82, 2.24) is 19.8 Å². The number of aromatic nitrogens is 3. The normalized spacial score (nSPS) is 11.1. The van der Waals surface area contributed by atoms with Crippen LogP contribution in [0.3, 0.4) is 0 Å². The molecule has 0 atom stereocenters. The van der Waals surface area contributed by atoms with Crippen LogP contribution in [0.15, 0.2) is 47.0 Å². The summed E-state index contributed by atoms with van der Waals surface area (Å²) in [7, 11) is 1.77. The first-order valence-corrected chi connectivity index (χ1v) is 9.31. The molecule has 0 saturated heterocycles. The van der Waals surface area contributed by atoms with Crippen molar-refractivity contribution in [2.45, 2.75) is 40.3 Å². The van der Waals surface area contributed by atoms with Crippen molar-refractivity contribution in [2.24, 2.45) is 5.92 Å². The molecular weight excluding hydrogens is 340 g/mol. The number of amides is 1. The second-order valence-corrected chi connectivity index (χ2v) is 7.14. The van der Waals surface area contributed by atoms with Crippen LogP contribution in [0.5, 0.6) is 0 Å². The van der Waals surface area contributed by atoms with Gasteiger partial charge in [-0.25, -0.2) is 0 Å². The molecule has 0 aliphatic rings. The summed E-state index contributed by atoms with van der Waals surface area (Å²) < 4.78 is 7.19. The van der Waals surface area contributed by atoms with Gasteiger partial charge in [0.25, 0.3) is 5.91 Å². The van der Waals surface area contributed by atoms with E-state index in [0.717, 1.165) is 23.4 Å². The number of nitrogens with zero attached hydrogens (tertiary/aromatic N) is 4. The van der Waals surface area contributed by atoms with Crippen molar-refractivity contribution >= 4 is 5.91 Å². The average molecular weight is 366 g/mol. The first-order valence-electron chi connectivity index (χ1n) is 9.31. The fourth-order valence-corrected chi connectivity index (χ4v) is 3.03. The zero-order valence-corrected chi connectivity index (χ0v) is 16.3. The summed E-state index contributed by atoms with van der Waals surface area (Å²) in [5.41, 5.74) is 3.32. The van der Waals surface area contributed by atoms with Gasteiger partial charge in [0.1, 0.15) is 11.4 Å². The summed E-state index contributed by atoms with van der Waals surface area (Å²) in [5.74, 6) is 1.07. The van der Waals surface area contributed by atoms with Gasteiger partial charge in [0.05, 0.1) is 12.2 Å². The molecule has 1 amide bonds. The fraction of sp³-hybridized carbons (Fsp3) is 0.381. The van der Waals surface area contributed by atoms with Gasteiger partial charge in [-0.2, -0.15) is 5.10 Å². The fourth-order valence-electron chi connectivity index (χ4n) is 3.03. The first kappa shape index (κ1) is 18.9. The van der Waals surface area contributed by atoms with Gasteiger partial charge in [-0.3, -0.25) is 9.48 Å². The highest BCUT2D eigenvalue weighted by molar-refractivity contribution is 5.92. The minimum atomic E-state index is -0.0722. The van der Waals surface area contributed by atoms with Crippen LogP contribution >= 0.6 is 0 Å². The van der Waals surface area contributed by atoms with E-state index in [1.807, 2.05) is 49.4 Å². The second kappa shape index (κ2) is 8.20. The SMILES string of the molecule is CCn1nc(CC(C)C)cc1C(=O)N(C)Cc1cc(-c2ccccc2)no1. The first-order chi connectivity index (χ1) is 13.0. The number of rotatable bonds is 7. The molecule has 3 aromatic rings. The van der Waals surface area contributed by atoms with Gasteiger partial charge in [0, 0.05) is 25.2 Å². The van der Waals surface area contributed by atoms with Crippen molar-refractivity contribution < 1.29 is 9.32 Å². The van der Waals surface area contributed by atoms with Crippen LogP contribution < -0.4 is 0 Å². The second-order valence-electron chi connectivity index (χ2n) is 7.14. The van der Waals surface area contributed by atoms with E-state index in [1.54, 1.807) is 16.6 Å². The Bertz CT molecular complexity index is 896. The summed E-state index contributed by atoms with van der Waals surface area (Å²) in [4.78, 5) is 14.5. The van der Waals surface area contributed by atoms with Gasteiger partial charge < -0.3 is 9.42 Å². The molecule has 2 aromatic heterocycles. The largest absolute Gasteiger partial charge is 0.359 e. The van der Waals surface area contributed by atoms with Gasteiger partial charge in [-0.15, -0.1) is 0 Å². The molecule has 27 heavy (non-hydrogen) atoms. The maximum Gasteiger partial charge on any atom is 0.272 e. The molecule has 0 saturated carbocycles. The van der Waals surface area contributed by atoms with Crippen molar-refractivity contribution in [2.75, 3.05) is 7.05 Å². The van der Waals surface area contributed by atoms with Gasteiger partial charge >= 0.3 is 0 Å². The van der Waals surface area contributed by atoms with E-state index in [-0.39, 0.29) is 5.91 Å². The van der Waals surface area contributed by atoms with Crippen LogP contribution in [0.4, 0.5) is 0 Å². The smallest absolute Gasteiger partial charge is 0.272 e. The van der Waals surface area contributed by atoms with Crippen molar-refractivity contribution in [3.63, 3.8) is 0 Å². The monoisotopic (exact) mass is 366 g/mol. The average Bonchev–Trinajstić information content (AvgIpc) is 3.28. The molecule has 0 N–H and O–H groups in total. The number of hydrogen-bond donors (Lipinski definition) is 0. The van der Waals surface area contributed by atoms with Gasteiger partial charge in [0.2, 0.25) is 0 Å². The van der Waals surface area contributed by atoms with E-state index >= 15 is 0 Å². The summed E-state index contributed by atoms with van der Waals surface area (Å²) >= 11 is 0. The molecular formula is C21H26N4O2. The molecule has 3 rings (SSSR count). The van der Waals surface area contributed by atoms with Gasteiger partial charge in [-0.1, -0.05) is 49.3 Å². The molecule has 0 radical (unpaired) electrons. The van der Waals surface area contributed by atoms with Crippen LogP contribution in [0.25, 0.3) is 11.3 Å². The van der Waals surface area contributed by atoms with Crippen molar-refractivity contribution in [3.05, 3.63) is 59.6 Å².